The molecule has 2 aromatic carbocycles. The molecule has 0 heterocycles. The van der Waals surface area contributed by atoms with Crippen LogP contribution in [0.3, 0.4) is 0 Å². The van der Waals surface area contributed by atoms with Gasteiger partial charge in [-0.3, -0.25) is 20.4 Å². The van der Waals surface area contributed by atoms with E-state index in [0.29, 0.717) is 5.56 Å². The van der Waals surface area contributed by atoms with Gasteiger partial charge in [-0.2, -0.15) is 4.31 Å². The summed E-state index contributed by atoms with van der Waals surface area (Å²) in [5, 5.41) is 0. The molecule has 27 heavy (non-hydrogen) atoms. The van der Waals surface area contributed by atoms with Crippen molar-refractivity contribution in [2.75, 3.05) is 13.6 Å². The second kappa shape index (κ2) is 9.07. The van der Waals surface area contributed by atoms with Gasteiger partial charge in [-0.1, -0.05) is 28.1 Å². The lowest BCUT2D eigenvalue weighted by molar-refractivity contribution is -0.128. The molecule has 144 valence electrons. The average Bonchev–Trinajstić information content (AvgIpc) is 2.62. The van der Waals surface area contributed by atoms with Gasteiger partial charge in [0.05, 0.1) is 17.9 Å². The van der Waals surface area contributed by atoms with Crippen molar-refractivity contribution in [1.82, 2.24) is 15.2 Å². The van der Waals surface area contributed by atoms with Crippen molar-refractivity contribution in [3.05, 3.63) is 64.4 Å². The maximum atomic E-state index is 12.8. The molecule has 7 nitrogen and oxygen atoms in total. The summed E-state index contributed by atoms with van der Waals surface area (Å²) in [6.45, 7) is -0.477. The Morgan fingerprint density at radius 2 is 1.56 bits per heavy atom. The topological polar surface area (TPSA) is 95.6 Å². The van der Waals surface area contributed by atoms with E-state index < -0.39 is 34.2 Å². The standard InChI is InChI=1S/C17H17BrFN3O4S/c1-22(27(25,26)15-8-4-13(18)5-9-15)11-17(24)21-20-16(23)10-12-2-6-14(19)7-3-12/h2-9H,10-11H2,1H3,(H,20,23)(H,21,24). The number of benzene rings is 2. The van der Waals surface area contributed by atoms with Crippen LogP contribution in [-0.4, -0.2) is 38.1 Å². The van der Waals surface area contributed by atoms with Crippen LogP contribution >= 0.6 is 15.9 Å². The number of carbonyl (C=O) groups excluding carboxylic acids is 2. The van der Waals surface area contributed by atoms with Gasteiger partial charge in [0.25, 0.3) is 5.91 Å². The summed E-state index contributed by atoms with van der Waals surface area (Å²) in [6.07, 6.45) is -0.0619. The highest BCUT2D eigenvalue weighted by molar-refractivity contribution is 9.10. The minimum atomic E-state index is -3.84. The molecule has 0 aliphatic heterocycles. The van der Waals surface area contributed by atoms with Gasteiger partial charge in [0, 0.05) is 11.5 Å². The van der Waals surface area contributed by atoms with E-state index in [1.807, 2.05) is 0 Å². The minimum Gasteiger partial charge on any atom is -0.273 e. The molecule has 0 radical (unpaired) electrons. The average molecular weight is 458 g/mol. The van der Waals surface area contributed by atoms with Gasteiger partial charge < -0.3 is 0 Å². The SMILES string of the molecule is CN(CC(=O)NNC(=O)Cc1ccc(F)cc1)S(=O)(=O)c1ccc(Br)cc1. The van der Waals surface area contributed by atoms with Gasteiger partial charge in [-0.15, -0.1) is 0 Å². The van der Waals surface area contributed by atoms with Crippen LogP contribution in [0.15, 0.2) is 57.9 Å². The molecule has 0 saturated carbocycles. The molecule has 2 rings (SSSR count). The van der Waals surface area contributed by atoms with Crippen LogP contribution < -0.4 is 10.9 Å². The van der Waals surface area contributed by atoms with E-state index >= 15 is 0 Å². The van der Waals surface area contributed by atoms with Gasteiger partial charge in [0.15, 0.2) is 0 Å². The van der Waals surface area contributed by atoms with Crippen LogP contribution in [0.2, 0.25) is 0 Å². The fraction of sp³-hybridized carbons (Fsp3) is 0.176. The lowest BCUT2D eigenvalue weighted by Gasteiger charge is -2.17. The molecule has 0 fully saturated rings. The molecular weight excluding hydrogens is 441 g/mol. The first-order chi connectivity index (χ1) is 12.7. The summed E-state index contributed by atoms with van der Waals surface area (Å²) in [5.41, 5.74) is 4.91. The first-order valence-electron chi connectivity index (χ1n) is 7.72. The number of carbonyl (C=O) groups is 2. The molecule has 2 N–H and O–H groups in total. The normalized spacial score (nSPS) is 11.3. The molecule has 0 aromatic heterocycles. The summed E-state index contributed by atoms with van der Waals surface area (Å²) in [5.74, 6) is -1.64. The Kier molecular flexibility index (Phi) is 7.05. The van der Waals surface area contributed by atoms with E-state index in [9.17, 15) is 22.4 Å². The third kappa shape index (κ3) is 6.12. The Morgan fingerprint density at radius 1 is 1.00 bits per heavy atom. The Morgan fingerprint density at radius 3 is 2.15 bits per heavy atom. The summed E-state index contributed by atoms with van der Waals surface area (Å²) in [6, 6.07) is 11.3. The van der Waals surface area contributed by atoms with Crippen molar-refractivity contribution < 1.29 is 22.4 Å². The number of amides is 2. The molecule has 0 atom stereocenters. The van der Waals surface area contributed by atoms with E-state index in [1.165, 1.54) is 43.4 Å². The van der Waals surface area contributed by atoms with E-state index in [1.54, 1.807) is 12.1 Å². The van der Waals surface area contributed by atoms with Gasteiger partial charge in [0.1, 0.15) is 5.82 Å². The van der Waals surface area contributed by atoms with E-state index in [0.717, 1.165) is 8.78 Å². The fourth-order valence-electron chi connectivity index (χ4n) is 2.08. The van der Waals surface area contributed by atoms with E-state index in [2.05, 4.69) is 26.8 Å². The molecule has 0 unspecified atom stereocenters. The van der Waals surface area contributed by atoms with Gasteiger partial charge in [0.2, 0.25) is 15.9 Å². The van der Waals surface area contributed by atoms with Crippen molar-refractivity contribution in [3.63, 3.8) is 0 Å². The Balaban J connectivity index is 1.86. The highest BCUT2D eigenvalue weighted by Gasteiger charge is 2.23. The van der Waals surface area contributed by atoms with Crippen molar-refractivity contribution in [1.29, 1.82) is 0 Å². The second-order valence-electron chi connectivity index (χ2n) is 5.61. The van der Waals surface area contributed by atoms with E-state index in [4.69, 9.17) is 0 Å². The van der Waals surface area contributed by atoms with Crippen LogP contribution in [-0.2, 0) is 26.0 Å². The number of hydrazine groups is 1. The monoisotopic (exact) mass is 457 g/mol. The Hall–Kier alpha value is -2.30. The zero-order valence-electron chi connectivity index (χ0n) is 14.3. The maximum absolute atomic E-state index is 12.8. The largest absolute Gasteiger partial charge is 0.273 e. The van der Waals surface area contributed by atoms with Crippen molar-refractivity contribution in [2.24, 2.45) is 0 Å². The molecule has 0 aliphatic rings. The number of rotatable bonds is 6. The predicted molar refractivity (Wildman–Crippen MR) is 100 cm³/mol. The lowest BCUT2D eigenvalue weighted by atomic mass is 10.1. The smallest absolute Gasteiger partial charge is 0.253 e. The van der Waals surface area contributed by atoms with Gasteiger partial charge >= 0.3 is 0 Å². The first kappa shape index (κ1) is 21.0. The Labute approximate surface area is 164 Å². The molecule has 0 saturated heterocycles. The zero-order valence-corrected chi connectivity index (χ0v) is 16.7. The van der Waals surface area contributed by atoms with Crippen LogP contribution in [0, 0.1) is 5.82 Å². The molecule has 10 heteroatoms. The molecule has 0 aliphatic carbocycles. The molecular formula is C17H17BrFN3O4S. The van der Waals surface area contributed by atoms with E-state index in [-0.39, 0.29) is 11.3 Å². The van der Waals surface area contributed by atoms with Crippen LogP contribution in [0.1, 0.15) is 5.56 Å². The van der Waals surface area contributed by atoms with Crippen molar-refractivity contribution in [2.45, 2.75) is 11.3 Å². The number of sulfonamides is 1. The minimum absolute atomic E-state index is 0.0429. The molecule has 0 spiro atoms. The maximum Gasteiger partial charge on any atom is 0.253 e. The third-order valence-corrected chi connectivity index (χ3v) is 5.85. The number of halogens is 2. The van der Waals surface area contributed by atoms with Crippen molar-refractivity contribution >= 4 is 37.8 Å². The summed E-state index contributed by atoms with van der Waals surface area (Å²) < 4.78 is 39.2. The second-order valence-corrected chi connectivity index (χ2v) is 8.58. The van der Waals surface area contributed by atoms with Crippen molar-refractivity contribution in [3.8, 4) is 0 Å². The number of nitrogens with zero attached hydrogens (tertiary/aromatic N) is 1. The summed E-state index contributed by atoms with van der Waals surface area (Å²) >= 11 is 3.22. The molecule has 2 aromatic rings. The number of hydrogen-bond acceptors (Lipinski definition) is 4. The first-order valence-corrected chi connectivity index (χ1v) is 9.96. The Bertz CT molecular complexity index is 918. The number of hydrogen-bond donors (Lipinski definition) is 2. The summed E-state index contributed by atoms with van der Waals surface area (Å²) in [7, 11) is -2.58. The number of nitrogens with one attached hydrogen (secondary N) is 2. The number of likely N-dealkylation sites (N-methyl/N-ethyl adjacent to an activating group) is 1. The lowest BCUT2D eigenvalue weighted by Crippen LogP contribution is -2.47. The predicted octanol–water partition coefficient (Wildman–Crippen LogP) is 1.60. The van der Waals surface area contributed by atoms with Crippen LogP contribution in [0.4, 0.5) is 4.39 Å². The van der Waals surface area contributed by atoms with Gasteiger partial charge in [-0.25, -0.2) is 12.8 Å². The summed E-state index contributed by atoms with van der Waals surface area (Å²) in [4.78, 5) is 23.7. The fourth-order valence-corrected chi connectivity index (χ4v) is 3.48. The van der Waals surface area contributed by atoms with Crippen LogP contribution in [0.5, 0.6) is 0 Å². The van der Waals surface area contributed by atoms with Crippen LogP contribution in [0.25, 0.3) is 0 Å². The quantitative estimate of drug-likeness (QED) is 0.643. The molecule has 0 bridgehead atoms. The highest BCUT2D eigenvalue weighted by Crippen LogP contribution is 2.17. The third-order valence-electron chi connectivity index (χ3n) is 3.51. The highest BCUT2D eigenvalue weighted by atomic mass is 79.9. The zero-order chi connectivity index (χ0) is 20.0. The molecule has 2 amide bonds. The van der Waals surface area contributed by atoms with Gasteiger partial charge in [-0.05, 0) is 42.0 Å².